The largest absolute Gasteiger partial charge is 0.459 e. The molecule has 0 saturated heterocycles. The highest BCUT2D eigenvalue weighted by molar-refractivity contribution is 5.78. The summed E-state index contributed by atoms with van der Waals surface area (Å²) in [7, 11) is 0. The molecule has 1 rings (SSSR count). The van der Waals surface area contributed by atoms with Gasteiger partial charge < -0.3 is 4.74 Å². The van der Waals surface area contributed by atoms with E-state index in [0.717, 1.165) is 5.56 Å². The highest BCUT2D eigenvalue weighted by Gasteiger charge is 2.26. The number of ether oxygens (including phenoxy) is 1. The second kappa shape index (κ2) is 6.01. The molecule has 3 nitrogen and oxygen atoms in total. The SMILES string of the molecule is CC(C)N[C@H](C(=O)OC(C)(C)C)c1ccccc1. The molecule has 3 heteroatoms. The van der Waals surface area contributed by atoms with Gasteiger partial charge in [0.05, 0.1) is 0 Å². The van der Waals surface area contributed by atoms with Crippen molar-refractivity contribution in [2.45, 2.75) is 52.3 Å². The number of hydrogen-bond donors (Lipinski definition) is 1. The van der Waals surface area contributed by atoms with Crippen LogP contribution in [0.5, 0.6) is 0 Å². The molecule has 0 saturated carbocycles. The number of rotatable bonds is 4. The van der Waals surface area contributed by atoms with Crippen LogP contribution in [-0.2, 0) is 9.53 Å². The molecule has 1 aromatic rings. The van der Waals surface area contributed by atoms with Crippen LogP contribution in [0.25, 0.3) is 0 Å². The van der Waals surface area contributed by atoms with Crippen molar-refractivity contribution in [3.8, 4) is 0 Å². The lowest BCUT2D eigenvalue weighted by Crippen LogP contribution is -2.38. The van der Waals surface area contributed by atoms with Gasteiger partial charge in [-0.25, -0.2) is 4.79 Å². The number of esters is 1. The highest BCUT2D eigenvalue weighted by Crippen LogP contribution is 2.19. The minimum Gasteiger partial charge on any atom is -0.459 e. The van der Waals surface area contributed by atoms with E-state index in [1.165, 1.54) is 0 Å². The Morgan fingerprint density at radius 1 is 1.17 bits per heavy atom. The molecule has 0 fully saturated rings. The molecule has 0 spiro atoms. The van der Waals surface area contributed by atoms with Crippen LogP contribution in [0.2, 0.25) is 0 Å². The fourth-order valence-corrected chi connectivity index (χ4v) is 1.64. The van der Waals surface area contributed by atoms with E-state index >= 15 is 0 Å². The first-order valence-electron chi connectivity index (χ1n) is 6.33. The zero-order valence-electron chi connectivity index (χ0n) is 11.9. The van der Waals surface area contributed by atoms with Crippen molar-refractivity contribution in [1.82, 2.24) is 5.32 Å². The molecule has 0 radical (unpaired) electrons. The Hall–Kier alpha value is -1.35. The van der Waals surface area contributed by atoms with Crippen molar-refractivity contribution in [1.29, 1.82) is 0 Å². The van der Waals surface area contributed by atoms with Crippen molar-refractivity contribution in [2.24, 2.45) is 0 Å². The minimum absolute atomic E-state index is 0.211. The highest BCUT2D eigenvalue weighted by atomic mass is 16.6. The smallest absolute Gasteiger partial charge is 0.328 e. The molecule has 18 heavy (non-hydrogen) atoms. The maximum atomic E-state index is 12.2. The predicted octanol–water partition coefficient (Wildman–Crippen LogP) is 3.07. The Kier molecular flexibility index (Phi) is 4.91. The topological polar surface area (TPSA) is 38.3 Å². The van der Waals surface area contributed by atoms with Gasteiger partial charge in [-0.1, -0.05) is 30.3 Å². The molecule has 100 valence electrons. The van der Waals surface area contributed by atoms with Crippen LogP contribution in [0, 0.1) is 0 Å². The van der Waals surface area contributed by atoms with E-state index in [1.807, 2.05) is 65.0 Å². The van der Waals surface area contributed by atoms with Crippen LogP contribution in [0.1, 0.15) is 46.2 Å². The van der Waals surface area contributed by atoms with Gasteiger partial charge >= 0.3 is 5.97 Å². The second-order valence-corrected chi connectivity index (χ2v) is 5.70. The summed E-state index contributed by atoms with van der Waals surface area (Å²) in [6.45, 7) is 9.66. The summed E-state index contributed by atoms with van der Waals surface area (Å²) in [5, 5.41) is 3.24. The number of nitrogens with one attached hydrogen (secondary N) is 1. The third-order valence-corrected chi connectivity index (χ3v) is 2.28. The fraction of sp³-hybridized carbons (Fsp3) is 0.533. The van der Waals surface area contributed by atoms with Gasteiger partial charge in [0.2, 0.25) is 0 Å². The van der Waals surface area contributed by atoms with E-state index in [2.05, 4.69) is 5.32 Å². The second-order valence-electron chi connectivity index (χ2n) is 5.70. The van der Waals surface area contributed by atoms with Gasteiger partial charge in [0.15, 0.2) is 0 Å². The molecule has 0 unspecified atom stereocenters. The van der Waals surface area contributed by atoms with Crippen LogP contribution in [0.15, 0.2) is 30.3 Å². The molecule has 0 aliphatic heterocycles. The van der Waals surface area contributed by atoms with Crippen molar-refractivity contribution >= 4 is 5.97 Å². The maximum Gasteiger partial charge on any atom is 0.328 e. The van der Waals surface area contributed by atoms with Gasteiger partial charge in [-0.2, -0.15) is 0 Å². The Morgan fingerprint density at radius 2 is 1.72 bits per heavy atom. The summed E-state index contributed by atoms with van der Waals surface area (Å²) in [6, 6.07) is 9.45. The third-order valence-electron chi connectivity index (χ3n) is 2.28. The Bertz CT molecular complexity index is 379. The van der Waals surface area contributed by atoms with Crippen LogP contribution < -0.4 is 5.32 Å². The first-order valence-corrected chi connectivity index (χ1v) is 6.33. The quantitative estimate of drug-likeness (QED) is 0.833. The lowest BCUT2D eigenvalue weighted by Gasteiger charge is -2.26. The summed E-state index contributed by atoms with van der Waals surface area (Å²) in [5.41, 5.74) is 0.462. The number of carbonyl (C=O) groups is 1. The zero-order chi connectivity index (χ0) is 13.8. The molecule has 1 N–H and O–H groups in total. The lowest BCUT2D eigenvalue weighted by atomic mass is 10.1. The normalized spacial score (nSPS) is 13.4. The van der Waals surface area contributed by atoms with Crippen LogP contribution >= 0.6 is 0 Å². The average Bonchev–Trinajstić information content (AvgIpc) is 2.24. The summed E-state index contributed by atoms with van der Waals surface area (Å²) in [5.74, 6) is -0.234. The van der Waals surface area contributed by atoms with Crippen LogP contribution in [0.4, 0.5) is 0 Å². The molecule has 0 heterocycles. The van der Waals surface area contributed by atoms with E-state index in [4.69, 9.17) is 4.74 Å². The van der Waals surface area contributed by atoms with E-state index in [1.54, 1.807) is 0 Å². The van der Waals surface area contributed by atoms with Crippen LogP contribution in [0.3, 0.4) is 0 Å². The number of hydrogen-bond acceptors (Lipinski definition) is 3. The van der Waals surface area contributed by atoms with E-state index < -0.39 is 11.6 Å². The van der Waals surface area contributed by atoms with Crippen molar-refractivity contribution in [2.75, 3.05) is 0 Å². The summed E-state index contributed by atoms with van der Waals surface area (Å²) >= 11 is 0. The monoisotopic (exact) mass is 249 g/mol. The van der Waals surface area contributed by atoms with Crippen LogP contribution in [-0.4, -0.2) is 17.6 Å². The number of carbonyl (C=O) groups excluding carboxylic acids is 1. The summed E-state index contributed by atoms with van der Waals surface area (Å²) in [6.07, 6.45) is 0. The van der Waals surface area contributed by atoms with E-state index in [9.17, 15) is 4.79 Å². The molecular formula is C15H23NO2. The Balaban J connectivity index is 2.89. The first kappa shape index (κ1) is 14.7. The van der Waals surface area contributed by atoms with Gasteiger partial charge in [0.1, 0.15) is 11.6 Å². The van der Waals surface area contributed by atoms with E-state index in [-0.39, 0.29) is 12.0 Å². The molecule has 0 aliphatic rings. The minimum atomic E-state index is -0.469. The van der Waals surface area contributed by atoms with E-state index in [0.29, 0.717) is 0 Å². The fourth-order valence-electron chi connectivity index (χ4n) is 1.64. The Labute approximate surface area is 110 Å². The molecule has 0 amide bonds. The molecular weight excluding hydrogens is 226 g/mol. The van der Waals surface area contributed by atoms with Gasteiger partial charge in [-0.05, 0) is 40.2 Å². The van der Waals surface area contributed by atoms with Gasteiger partial charge in [-0.3, -0.25) is 5.32 Å². The summed E-state index contributed by atoms with van der Waals surface area (Å²) < 4.78 is 5.45. The first-order chi connectivity index (χ1) is 8.29. The standard InChI is InChI=1S/C15H23NO2/c1-11(2)16-13(12-9-7-6-8-10-12)14(17)18-15(3,4)5/h6-11,13,16H,1-5H3/t13-/m0/s1. The zero-order valence-corrected chi connectivity index (χ0v) is 11.9. The average molecular weight is 249 g/mol. The third kappa shape index (κ3) is 4.88. The lowest BCUT2D eigenvalue weighted by molar-refractivity contribution is -0.157. The molecule has 0 bridgehead atoms. The van der Waals surface area contributed by atoms with Crippen molar-refractivity contribution < 1.29 is 9.53 Å². The number of benzene rings is 1. The van der Waals surface area contributed by atoms with Crippen molar-refractivity contribution in [3.63, 3.8) is 0 Å². The van der Waals surface area contributed by atoms with Gasteiger partial charge in [0.25, 0.3) is 0 Å². The maximum absolute atomic E-state index is 12.2. The molecule has 1 atom stereocenters. The Morgan fingerprint density at radius 3 is 2.17 bits per heavy atom. The molecule has 1 aromatic carbocycles. The molecule has 0 aliphatic carbocycles. The predicted molar refractivity (Wildman–Crippen MR) is 73.3 cm³/mol. The summed E-state index contributed by atoms with van der Waals surface area (Å²) in [4.78, 5) is 12.2. The van der Waals surface area contributed by atoms with Gasteiger partial charge in [-0.15, -0.1) is 0 Å². The van der Waals surface area contributed by atoms with Crippen molar-refractivity contribution in [3.05, 3.63) is 35.9 Å². The molecule has 0 aromatic heterocycles. The van der Waals surface area contributed by atoms with Gasteiger partial charge in [0, 0.05) is 6.04 Å².